The second-order valence-electron chi connectivity index (χ2n) is 4.67. The first kappa shape index (κ1) is 14.3. The zero-order valence-electron chi connectivity index (χ0n) is 11.3. The molecule has 0 fully saturated rings. The first-order valence-corrected chi connectivity index (χ1v) is 7.12. The number of methoxy groups -OCH3 is 1. The number of furan rings is 1. The van der Waals surface area contributed by atoms with Crippen molar-refractivity contribution in [1.82, 2.24) is 0 Å². The molecule has 0 radical (unpaired) electrons. The van der Waals surface area contributed by atoms with Gasteiger partial charge in [-0.05, 0) is 23.8 Å². The third-order valence-corrected chi connectivity index (χ3v) is 3.90. The van der Waals surface area contributed by atoms with E-state index in [0.29, 0.717) is 27.1 Å². The Hall–Kier alpha value is -1.68. The van der Waals surface area contributed by atoms with Crippen molar-refractivity contribution in [2.75, 3.05) is 7.11 Å². The fourth-order valence-corrected chi connectivity index (χ4v) is 2.76. The predicted octanol–water partition coefficient (Wildman–Crippen LogP) is 4.80. The Kier molecular flexibility index (Phi) is 3.81. The van der Waals surface area contributed by atoms with Crippen LogP contribution in [0.2, 0.25) is 10.0 Å². The lowest BCUT2D eigenvalue weighted by molar-refractivity contribution is 0.406. The van der Waals surface area contributed by atoms with E-state index in [4.69, 9.17) is 38.1 Å². The van der Waals surface area contributed by atoms with Gasteiger partial charge in [0.05, 0.1) is 13.2 Å². The van der Waals surface area contributed by atoms with Crippen LogP contribution >= 0.6 is 23.2 Å². The summed E-state index contributed by atoms with van der Waals surface area (Å²) in [6, 6.07) is 12.4. The maximum Gasteiger partial charge on any atom is 0.176 e. The molecule has 2 N–H and O–H groups in total. The van der Waals surface area contributed by atoms with Crippen molar-refractivity contribution in [1.29, 1.82) is 0 Å². The zero-order chi connectivity index (χ0) is 15.0. The molecule has 0 bridgehead atoms. The summed E-state index contributed by atoms with van der Waals surface area (Å²) in [5, 5.41) is 2.03. The Morgan fingerprint density at radius 3 is 2.62 bits per heavy atom. The fourth-order valence-electron chi connectivity index (χ4n) is 2.29. The highest BCUT2D eigenvalue weighted by molar-refractivity contribution is 6.31. The molecule has 0 amide bonds. The van der Waals surface area contributed by atoms with Gasteiger partial charge >= 0.3 is 0 Å². The van der Waals surface area contributed by atoms with Gasteiger partial charge in [0.1, 0.15) is 5.76 Å². The third-order valence-electron chi connectivity index (χ3n) is 3.33. The maximum atomic E-state index is 6.26. The third kappa shape index (κ3) is 2.60. The van der Waals surface area contributed by atoms with E-state index in [-0.39, 0.29) is 0 Å². The molecule has 0 saturated carbocycles. The standard InChI is InChI=1S/C16H13Cl2NO2/c1-20-14-8-10(17)6-9-7-13(21-16(9)14)15(19)11-4-2-3-5-12(11)18/h2-8,15H,19H2,1H3. The Morgan fingerprint density at radius 2 is 1.90 bits per heavy atom. The summed E-state index contributed by atoms with van der Waals surface area (Å²) in [5.41, 5.74) is 7.69. The summed E-state index contributed by atoms with van der Waals surface area (Å²) in [7, 11) is 1.57. The van der Waals surface area contributed by atoms with Gasteiger partial charge in [-0.2, -0.15) is 0 Å². The molecule has 1 heterocycles. The number of hydrogen-bond acceptors (Lipinski definition) is 3. The maximum absolute atomic E-state index is 6.26. The number of rotatable bonds is 3. The van der Waals surface area contributed by atoms with Crippen LogP contribution in [0, 0.1) is 0 Å². The largest absolute Gasteiger partial charge is 0.493 e. The SMILES string of the molecule is COc1cc(Cl)cc2cc(C(N)c3ccccc3Cl)oc12. The van der Waals surface area contributed by atoms with Crippen LogP contribution in [0.5, 0.6) is 5.75 Å². The summed E-state index contributed by atoms with van der Waals surface area (Å²) >= 11 is 12.2. The quantitative estimate of drug-likeness (QED) is 0.754. The summed E-state index contributed by atoms with van der Waals surface area (Å²) in [6.45, 7) is 0. The van der Waals surface area contributed by atoms with Crippen LogP contribution in [0.25, 0.3) is 11.0 Å². The van der Waals surface area contributed by atoms with Gasteiger partial charge in [-0.15, -0.1) is 0 Å². The molecule has 5 heteroatoms. The van der Waals surface area contributed by atoms with Gasteiger partial charge in [-0.25, -0.2) is 0 Å². The second-order valence-corrected chi connectivity index (χ2v) is 5.52. The lowest BCUT2D eigenvalue weighted by Gasteiger charge is -2.10. The number of halogens is 2. The molecule has 1 unspecified atom stereocenters. The van der Waals surface area contributed by atoms with Gasteiger partial charge in [0, 0.05) is 21.5 Å². The topological polar surface area (TPSA) is 48.4 Å². The lowest BCUT2D eigenvalue weighted by Crippen LogP contribution is -2.11. The molecule has 0 spiro atoms. The zero-order valence-corrected chi connectivity index (χ0v) is 12.8. The molecule has 1 atom stereocenters. The van der Waals surface area contributed by atoms with E-state index >= 15 is 0 Å². The summed E-state index contributed by atoms with van der Waals surface area (Å²) < 4.78 is 11.1. The predicted molar refractivity (Wildman–Crippen MR) is 85.3 cm³/mol. The molecule has 0 aliphatic heterocycles. The molecular formula is C16H13Cl2NO2. The lowest BCUT2D eigenvalue weighted by atomic mass is 10.1. The Morgan fingerprint density at radius 1 is 1.14 bits per heavy atom. The minimum atomic E-state index is -0.449. The first-order chi connectivity index (χ1) is 10.1. The molecule has 0 aliphatic rings. The minimum absolute atomic E-state index is 0.449. The van der Waals surface area contributed by atoms with Crippen molar-refractivity contribution in [3.05, 3.63) is 63.8 Å². The number of ether oxygens (including phenoxy) is 1. The van der Waals surface area contributed by atoms with Crippen LogP contribution in [0.3, 0.4) is 0 Å². The van der Waals surface area contributed by atoms with E-state index in [0.717, 1.165) is 10.9 Å². The van der Waals surface area contributed by atoms with Crippen molar-refractivity contribution in [3.63, 3.8) is 0 Å². The smallest absolute Gasteiger partial charge is 0.176 e. The fraction of sp³-hybridized carbons (Fsp3) is 0.125. The van der Waals surface area contributed by atoms with Crippen molar-refractivity contribution in [3.8, 4) is 5.75 Å². The Balaban J connectivity index is 2.11. The Labute approximate surface area is 132 Å². The van der Waals surface area contributed by atoms with Crippen LogP contribution in [-0.2, 0) is 0 Å². The molecular weight excluding hydrogens is 309 g/mol. The van der Waals surface area contributed by atoms with Crippen molar-refractivity contribution < 1.29 is 9.15 Å². The highest BCUT2D eigenvalue weighted by Crippen LogP contribution is 2.36. The molecule has 3 nitrogen and oxygen atoms in total. The number of nitrogens with two attached hydrogens (primary N) is 1. The normalized spacial score (nSPS) is 12.6. The van der Waals surface area contributed by atoms with Gasteiger partial charge in [0.25, 0.3) is 0 Å². The van der Waals surface area contributed by atoms with E-state index in [1.165, 1.54) is 0 Å². The van der Waals surface area contributed by atoms with Crippen LogP contribution in [0.1, 0.15) is 17.4 Å². The van der Waals surface area contributed by atoms with Gasteiger partial charge in [-0.3, -0.25) is 0 Å². The molecule has 21 heavy (non-hydrogen) atoms. The van der Waals surface area contributed by atoms with Crippen LogP contribution in [0.4, 0.5) is 0 Å². The van der Waals surface area contributed by atoms with E-state index in [1.54, 1.807) is 19.2 Å². The van der Waals surface area contributed by atoms with Gasteiger partial charge in [0.2, 0.25) is 0 Å². The highest BCUT2D eigenvalue weighted by atomic mass is 35.5. The van der Waals surface area contributed by atoms with Gasteiger partial charge in [-0.1, -0.05) is 41.4 Å². The number of hydrogen-bond donors (Lipinski definition) is 1. The van der Waals surface area contributed by atoms with E-state index in [9.17, 15) is 0 Å². The van der Waals surface area contributed by atoms with Crippen molar-refractivity contribution in [2.24, 2.45) is 5.73 Å². The Bertz CT molecular complexity index is 798. The van der Waals surface area contributed by atoms with Crippen LogP contribution in [-0.4, -0.2) is 7.11 Å². The summed E-state index contributed by atoms with van der Waals surface area (Å²) in [6.07, 6.45) is 0. The number of fused-ring (bicyclic) bond motifs is 1. The molecule has 3 rings (SSSR count). The monoisotopic (exact) mass is 321 g/mol. The molecule has 1 aromatic heterocycles. The van der Waals surface area contributed by atoms with Crippen LogP contribution < -0.4 is 10.5 Å². The average molecular weight is 322 g/mol. The van der Waals surface area contributed by atoms with Crippen molar-refractivity contribution >= 4 is 34.2 Å². The van der Waals surface area contributed by atoms with E-state index < -0.39 is 6.04 Å². The molecule has 3 aromatic rings. The van der Waals surface area contributed by atoms with Gasteiger partial charge in [0.15, 0.2) is 11.3 Å². The molecule has 2 aromatic carbocycles. The molecule has 0 aliphatic carbocycles. The summed E-state index contributed by atoms with van der Waals surface area (Å²) in [5.74, 6) is 1.19. The highest BCUT2D eigenvalue weighted by Gasteiger charge is 2.18. The van der Waals surface area contributed by atoms with E-state index in [2.05, 4.69) is 0 Å². The average Bonchev–Trinajstić information content (AvgIpc) is 2.90. The molecule has 108 valence electrons. The van der Waals surface area contributed by atoms with Crippen molar-refractivity contribution in [2.45, 2.75) is 6.04 Å². The van der Waals surface area contributed by atoms with Crippen LogP contribution in [0.15, 0.2) is 46.9 Å². The first-order valence-electron chi connectivity index (χ1n) is 6.37. The second kappa shape index (κ2) is 5.60. The molecule has 0 saturated heterocycles. The van der Waals surface area contributed by atoms with Gasteiger partial charge < -0.3 is 14.9 Å². The minimum Gasteiger partial charge on any atom is -0.493 e. The van der Waals surface area contributed by atoms with E-state index in [1.807, 2.05) is 30.3 Å². The number of benzene rings is 2. The summed E-state index contributed by atoms with van der Waals surface area (Å²) in [4.78, 5) is 0.